The number of morpholine rings is 1. The number of rotatable bonds is 7. The Balaban J connectivity index is 1.93. The molecule has 1 aliphatic rings. The van der Waals surface area contributed by atoms with Crippen LogP contribution in [0.15, 0.2) is 28.8 Å². The Bertz CT molecular complexity index is 880. The summed E-state index contributed by atoms with van der Waals surface area (Å²) >= 11 is 1.11. The Kier molecular flexibility index (Phi) is 6.67. The fourth-order valence-electron chi connectivity index (χ4n) is 2.49. The maximum Gasteiger partial charge on any atom is 0.248 e. The van der Waals surface area contributed by atoms with Crippen LogP contribution >= 0.6 is 11.8 Å². The lowest BCUT2D eigenvalue weighted by atomic mass is 10.4. The molecule has 0 bridgehead atoms. The molecule has 0 radical (unpaired) electrons. The van der Waals surface area contributed by atoms with E-state index < -0.39 is 5.91 Å². The van der Waals surface area contributed by atoms with Gasteiger partial charge in [0.05, 0.1) is 27.4 Å². The zero-order valence-electron chi connectivity index (χ0n) is 16.0. The number of ether oxygens (including phenoxy) is 3. The number of hydrogen-bond acceptors (Lipinski definition) is 11. The van der Waals surface area contributed by atoms with Crippen molar-refractivity contribution in [2.24, 2.45) is 0 Å². The Morgan fingerprint density at radius 3 is 2.48 bits per heavy atom. The number of amides is 1. The number of carbonyl (C=O) groups is 1. The minimum Gasteiger partial charge on any atom is -0.480 e. The van der Waals surface area contributed by atoms with Gasteiger partial charge in [-0.1, -0.05) is 6.58 Å². The van der Waals surface area contributed by atoms with E-state index in [1.54, 1.807) is 0 Å². The highest BCUT2D eigenvalue weighted by molar-refractivity contribution is 7.99. The van der Waals surface area contributed by atoms with Gasteiger partial charge in [0.2, 0.25) is 23.6 Å². The van der Waals surface area contributed by atoms with E-state index in [2.05, 4.69) is 31.8 Å². The highest BCUT2D eigenvalue weighted by Crippen LogP contribution is 2.40. The van der Waals surface area contributed by atoms with E-state index in [0.717, 1.165) is 17.8 Å². The summed E-state index contributed by atoms with van der Waals surface area (Å²) in [5.41, 5.74) is 5.84. The van der Waals surface area contributed by atoms with Crippen molar-refractivity contribution >= 4 is 35.3 Å². The Hall–Kier alpha value is -3.12. The van der Waals surface area contributed by atoms with Crippen LogP contribution in [0.1, 0.15) is 0 Å². The monoisotopic (exact) mass is 419 g/mol. The molecule has 3 N–H and O–H groups in total. The van der Waals surface area contributed by atoms with Crippen LogP contribution < -0.4 is 25.4 Å². The minimum absolute atomic E-state index is 0.186. The predicted octanol–water partition coefficient (Wildman–Crippen LogP) is 0.978. The van der Waals surface area contributed by atoms with Gasteiger partial charge in [-0.3, -0.25) is 4.79 Å². The summed E-state index contributed by atoms with van der Waals surface area (Å²) in [7, 11) is 3.01. The van der Waals surface area contributed by atoms with Crippen molar-refractivity contribution in [1.29, 1.82) is 0 Å². The second kappa shape index (κ2) is 9.39. The van der Waals surface area contributed by atoms with Gasteiger partial charge in [0.25, 0.3) is 0 Å². The molecule has 0 atom stereocenters. The molecule has 12 heteroatoms. The summed E-state index contributed by atoms with van der Waals surface area (Å²) in [5, 5.41) is 2.82. The predicted molar refractivity (Wildman–Crippen MR) is 108 cm³/mol. The number of carbonyl (C=O) groups excluding carboxylic acids is 1. The molecule has 154 valence electrons. The van der Waals surface area contributed by atoms with Gasteiger partial charge in [-0.25, -0.2) is 9.97 Å². The van der Waals surface area contributed by atoms with E-state index in [9.17, 15) is 4.79 Å². The third kappa shape index (κ3) is 5.03. The van der Waals surface area contributed by atoms with Gasteiger partial charge in [0.1, 0.15) is 16.5 Å². The normalized spacial score (nSPS) is 13.7. The van der Waals surface area contributed by atoms with Crippen LogP contribution in [0.4, 0.5) is 17.6 Å². The van der Waals surface area contributed by atoms with Gasteiger partial charge in [-0.2, -0.15) is 9.97 Å². The van der Waals surface area contributed by atoms with Crippen molar-refractivity contribution in [2.45, 2.75) is 10.1 Å². The molecule has 29 heavy (non-hydrogen) atoms. The maximum absolute atomic E-state index is 11.5. The Morgan fingerprint density at radius 1 is 1.24 bits per heavy atom. The summed E-state index contributed by atoms with van der Waals surface area (Å²) < 4.78 is 16.3. The number of methoxy groups -OCH3 is 2. The summed E-state index contributed by atoms with van der Waals surface area (Å²) in [6.07, 6.45) is 1.13. The molecule has 0 saturated carbocycles. The van der Waals surface area contributed by atoms with Crippen LogP contribution in [0.2, 0.25) is 0 Å². The summed E-state index contributed by atoms with van der Waals surface area (Å²) in [6.45, 7) is 5.94. The first kappa shape index (κ1) is 20.6. The molecule has 0 aliphatic carbocycles. The number of nitrogen functional groups attached to an aromatic ring is 1. The number of nitrogens with zero attached hydrogens (tertiary/aromatic N) is 5. The first-order valence-electron chi connectivity index (χ1n) is 8.62. The molecule has 2 aromatic rings. The van der Waals surface area contributed by atoms with Crippen molar-refractivity contribution in [2.75, 3.05) is 56.5 Å². The highest BCUT2D eigenvalue weighted by Gasteiger charge is 2.23. The van der Waals surface area contributed by atoms with Gasteiger partial charge in [0.15, 0.2) is 5.16 Å². The van der Waals surface area contributed by atoms with Gasteiger partial charge in [-0.15, -0.1) is 0 Å². The molecular formula is C17H21N7O4S. The van der Waals surface area contributed by atoms with Crippen LogP contribution in [0, 0.1) is 0 Å². The molecule has 2 aromatic heterocycles. The molecule has 1 saturated heterocycles. The van der Waals surface area contributed by atoms with Gasteiger partial charge >= 0.3 is 0 Å². The molecule has 1 amide bonds. The smallest absolute Gasteiger partial charge is 0.248 e. The van der Waals surface area contributed by atoms with Gasteiger partial charge < -0.3 is 30.2 Å². The van der Waals surface area contributed by atoms with Crippen LogP contribution in [0.5, 0.6) is 11.8 Å². The summed E-state index contributed by atoms with van der Waals surface area (Å²) in [5.74, 6) is 1.13. The van der Waals surface area contributed by atoms with E-state index in [-0.39, 0.29) is 16.8 Å². The topological polar surface area (TPSA) is 138 Å². The first-order valence-corrected chi connectivity index (χ1v) is 9.44. The average molecular weight is 419 g/mol. The first-order chi connectivity index (χ1) is 14.0. The van der Waals surface area contributed by atoms with Crippen LogP contribution in [0.3, 0.4) is 0 Å². The number of aromatic nitrogens is 4. The van der Waals surface area contributed by atoms with Crippen molar-refractivity contribution in [3.63, 3.8) is 0 Å². The van der Waals surface area contributed by atoms with E-state index in [4.69, 9.17) is 19.9 Å². The summed E-state index contributed by atoms with van der Waals surface area (Å²) in [4.78, 5) is 31.5. The lowest BCUT2D eigenvalue weighted by molar-refractivity contribution is -0.111. The fourth-order valence-corrected chi connectivity index (χ4v) is 3.40. The van der Waals surface area contributed by atoms with E-state index in [1.807, 2.05) is 4.90 Å². The van der Waals surface area contributed by atoms with Gasteiger partial charge in [0, 0.05) is 19.2 Å². The molecular weight excluding hydrogens is 398 g/mol. The molecule has 3 rings (SSSR count). The van der Waals surface area contributed by atoms with E-state index in [1.165, 1.54) is 20.3 Å². The quantitative estimate of drug-likeness (QED) is 0.490. The Labute approximate surface area is 171 Å². The molecule has 1 aliphatic heterocycles. The molecule has 0 aromatic carbocycles. The van der Waals surface area contributed by atoms with Crippen LogP contribution in [-0.2, 0) is 9.53 Å². The number of anilines is 3. The molecule has 0 spiro atoms. The highest BCUT2D eigenvalue weighted by atomic mass is 32.2. The number of nitrogens with two attached hydrogens (primary N) is 1. The number of nitrogens with one attached hydrogen (secondary N) is 1. The van der Waals surface area contributed by atoms with Crippen molar-refractivity contribution in [3.05, 3.63) is 18.7 Å². The third-order valence-corrected chi connectivity index (χ3v) is 4.75. The van der Waals surface area contributed by atoms with Gasteiger partial charge in [-0.05, 0) is 17.8 Å². The zero-order valence-corrected chi connectivity index (χ0v) is 16.9. The second-order valence-electron chi connectivity index (χ2n) is 5.73. The number of hydrogen-bond donors (Lipinski definition) is 2. The molecule has 1 fully saturated rings. The zero-order chi connectivity index (χ0) is 20.8. The standard InChI is InChI=1S/C17H21N7O4S/c1-4-12(25)20-11-9-10(18)19-17(21-11)29-13-14(26-2)22-16(23-15(13)27-3)24-5-7-28-8-6-24/h4,9H,1,5-8H2,2-3H3,(H3,18,19,20,21,25). The van der Waals surface area contributed by atoms with Crippen molar-refractivity contribution < 1.29 is 19.0 Å². The minimum atomic E-state index is -0.410. The van der Waals surface area contributed by atoms with E-state index in [0.29, 0.717) is 48.9 Å². The lowest BCUT2D eigenvalue weighted by Crippen LogP contribution is -2.37. The van der Waals surface area contributed by atoms with Crippen LogP contribution in [-0.4, -0.2) is 66.4 Å². The van der Waals surface area contributed by atoms with Crippen LogP contribution in [0.25, 0.3) is 0 Å². The SMILES string of the molecule is C=CC(=O)Nc1cc(N)nc(Sc2c(OC)nc(N3CCOCC3)nc2OC)n1. The molecule has 0 unspecified atom stereocenters. The Morgan fingerprint density at radius 2 is 1.90 bits per heavy atom. The lowest BCUT2D eigenvalue weighted by Gasteiger charge is -2.27. The fraction of sp³-hybridized carbons (Fsp3) is 0.353. The van der Waals surface area contributed by atoms with E-state index >= 15 is 0 Å². The molecule has 11 nitrogen and oxygen atoms in total. The maximum atomic E-state index is 11.5. The largest absolute Gasteiger partial charge is 0.480 e. The average Bonchev–Trinajstić information content (AvgIpc) is 2.73. The second-order valence-corrected chi connectivity index (χ2v) is 6.70. The van der Waals surface area contributed by atoms with Crippen molar-refractivity contribution in [3.8, 4) is 11.8 Å². The van der Waals surface area contributed by atoms with Crippen molar-refractivity contribution in [1.82, 2.24) is 19.9 Å². The summed E-state index contributed by atoms with van der Waals surface area (Å²) in [6, 6.07) is 1.44. The molecule has 3 heterocycles. The third-order valence-electron chi connectivity index (χ3n) is 3.83.